The first-order chi connectivity index (χ1) is 8.37. The Morgan fingerprint density at radius 2 is 2.00 bits per heavy atom. The summed E-state index contributed by atoms with van der Waals surface area (Å²) in [6.07, 6.45) is 2.40. The average Bonchev–Trinajstić information content (AvgIpc) is 2.25. The lowest BCUT2D eigenvalue weighted by Crippen LogP contribution is -2.25. The Kier molecular flexibility index (Phi) is 5.01. The van der Waals surface area contributed by atoms with Crippen molar-refractivity contribution in [1.82, 2.24) is 4.98 Å². The zero-order chi connectivity index (χ0) is 13.6. The second kappa shape index (κ2) is 6.28. The van der Waals surface area contributed by atoms with Crippen LogP contribution < -0.4 is 0 Å². The third-order valence-corrected chi connectivity index (χ3v) is 2.15. The topological polar surface area (TPSA) is 56.3 Å². The van der Waals surface area contributed by atoms with E-state index in [4.69, 9.17) is 4.74 Å². The standard InChI is InChI=1S/C14H19NO3/c1-14(2,3)18-13(17)10-12(16)8-7-11-6-4-5-9-15-11/h4-6,9H,7-8,10H2,1-3H3. The number of ketones is 1. The molecule has 0 spiro atoms. The van der Waals surface area contributed by atoms with Crippen LogP contribution in [-0.4, -0.2) is 22.3 Å². The van der Waals surface area contributed by atoms with Gasteiger partial charge in [-0.25, -0.2) is 0 Å². The fourth-order valence-electron chi connectivity index (χ4n) is 1.44. The predicted octanol–water partition coefficient (Wildman–Crippen LogP) is 2.32. The minimum Gasteiger partial charge on any atom is -0.460 e. The van der Waals surface area contributed by atoms with Gasteiger partial charge < -0.3 is 4.74 Å². The molecule has 0 amide bonds. The summed E-state index contributed by atoms with van der Waals surface area (Å²) in [5, 5.41) is 0. The molecule has 1 heterocycles. The van der Waals surface area contributed by atoms with Crippen molar-refractivity contribution in [1.29, 1.82) is 0 Å². The van der Waals surface area contributed by atoms with Crippen LogP contribution in [0.3, 0.4) is 0 Å². The van der Waals surface area contributed by atoms with Crippen molar-refractivity contribution in [2.75, 3.05) is 0 Å². The van der Waals surface area contributed by atoms with Gasteiger partial charge in [-0.15, -0.1) is 0 Å². The normalized spacial score (nSPS) is 11.1. The summed E-state index contributed by atoms with van der Waals surface area (Å²) in [6, 6.07) is 5.56. The number of hydrogen-bond acceptors (Lipinski definition) is 4. The highest BCUT2D eigenvalue weighted by Crippen LogP contribution is 2.09. The Balaban J connectivity index is 2.32. The van der Waals surface area contributed by atoms with E-state index in [2.05, 4.69) is 4.98 Å². The maximum atomic E-state index is 11.6. The van der Waals surface area contributed by atoms with E-state index >= 15 is 0 Å². The number of carbonyl (C=O) groups excluding carboxylic acids is 2. The van der Waals surface area contributed by atoms with Crippen molar-refractivity contribution in [2.24, 2.45) is 0 Å². The van der Waals surface area contributed by atoms with Crippen LogP contribution in [0.15, 0.2) is 24.4 Å². The molecular formula is C14H19NO3. The number of esters is 1. The summed E-state index contributed by atoms with van der Waals surface area (Å²) in [4.78, 5) is 27.1. The number of hydrogen-bond donors (Lipinski definition) is 0. The van der Waals surface area contributed by atoms with Crippen molar-refractivity contribution in [2.45, 2.75) is 45.6 Å². The second-order valence-corrected chi connectivity index (χ2v) is 5.12. The van der Waals surface area contributed by atoms with E-state index in [1.807, 2.05) is 18.2 Å². The first-order valence-electron chi connectivity index (χ1n) is 6.00. The molecule has 0 bridgehead atoms. The Bertz CT molecular complexity index is 407. The van der Waals surface area contributed by atoms with Gasteiger partial charge in [-0.05, 0) is 39.3 Å². The predicted molar refractivity (Wildman–Crippen MR) is 68.0 cm³/mol. The molecule has 0 aliphatic heterocycles. The molecule has 18 heavy (non-hydrogen) atoms. The van der Waals surface area contributed by atoms with Gasteiger partial charge in [0.05, 0.1) is 0 Å². The molecule has 4 nitrogen and oxygen atoms in total. The van der Waals surface area contributed by atoms with E-state index < -0.39 is 11.6 Å². The highest BCUT2D eigenvalue weighted by Gasteiger charge is 2.18. The lowest BCUT2D eigenvalue weighted by molar-refractivity contribution is -0.156. The van der Waals surface area contributed by atoms with Gasteiger partial charge in [0.15, 0.2) is 0 Å². The summed E-state index contributed by atoms with van der Waals surface area (Å²) in [5.74, 6) is -0.580. The van der Waals surface area contributed by atoms with Gasteiger partial charge >= 0.3 is 5.97 Å². The Morgan fingerprint density at radius 3 is 2.56 bits per heavy atom. The number of aryl methyl sites for hydroxylation is 1. The third-order valence-electron chi connectivity index (χ3n) is 2.15. The number of ether oxygens (including phenoxy) is 1. The van der Waals surface area contributed by atoms with Gasteiger partial charge in [0.1, 0.15) is 17.8 Å². The van der Waals surface area contributed by atoms with Crippen molar-refractivity contribution in [3.63, 3.8) is 0 Å². The third kappa shape index (κ3) is 6.13. The first-order valence-corrected chi connectivity index (χ1v) is 6.00. The summed E-state index contributed by atoms with van der Waals surface area (Å²) in [6.45, 7) is 5.34. The largest absolute Gasteiger partial charge is 0.460 e. The van der Waals surface area contributed by atoms with E-state index in [1.54, 1.807) is 27.0 Å². The van der Waals surface area contributed by atoms with Crippen molar-refractivity contribution >= 4 is 11.8 Å². The molecule has 0 aliphatic rings. The summed E-state index contributed by atoms with van der Waals surface area (Å²) < 4.78 is 5.09. The Morgan fingerprint density at radius 1 is 1.28 bits per heavy atom. The van der Waals surface area contributed by atoms with Crippen molar-refractivity contribution < 1.29 is 14.3 Å². The van der Waals surface area contributed by atoms with E-state index in [-0.39, 0.29) is 12.2 Å². The number of Topliss-reactive ketones (excluding diaryl/α,β-unsaturated/α-hetero) is 1. The van der Waals surface area contributed by atoms with Crippen LogP contribution >= 0.6 is 0 Å². The van der Waals surface area contributed by atoms with Crippen LogP contribution in [0.4, 0.5) is 0 Å². The minimum atomic E-state index is -0.543. The Hall–Kier alpha value is -1.71. The summed E-state index contributed by atoms with van der Waals surface area (Å²) >= 11 is 0. The van der Waals surface area contributed by atoms with Gasteiger partial charge in [0, 0.05) is 18.3 Å². The molecular weight excluding hydrogens is 230 g/mol. The van der Waals surface area contributed by atoms with Gasteiger partial charge in [-0.3, -0.25) is 14.6 Å². The number of aromatic nitrogens is 1. The number of nitrogens with zero attached hydrogens (tertiary/aromatic N) is 1. The second-order valence-electron chi connectivity index (χ2n) is 5.12. The molecule has 0 atom stereocenters. The van der Waals surface area contributed by atoms with Crippen LogP contribution in [0.1, 0.15) is 39.3 Å². The molecule has 1 aromatic rings. The summed E-state index contributed by atoms with van der Waals surface area (Å²) in [7, 11) is 0. The van der Waals surface area contributed by atoms with Crippen LogP contribution in [0.5, 0.6) is 0 Å². The molecule has 0 aromatic carbocycles. The van der Waals surface area contributed by atoms with Crippen LogP contribution in [0, 0.1) is 0 Å². The molecule has 0 saturated heterocycles. The number of carbonyl (C=O) groups is 2. The van der Waals surface area contributed by atoms with Crippen molar-refractivity contribution in [3.8, 4) is 0 Å². The molecule has 0 N–H and O–H groups in total. The maximum absolute atomic E-state index is 11.6. The first kappa shape index (κ1) is 14.4. The lowest BCUT2D eigenvalue weighted by Gasteiger charge is -2.19. The lowest BCUT2D eigenvalue weighted by atomic mass is 10.1. The Labute approximate surface area is 107 Å². The fourth-order valence-corrected chi connectivity index (χ4v) is 1.44. The highest BCUT2D eigenvalue weighted by molar-refractivity contribution is 5.95. The zero-order valence-corrected chi connectivity index (χ0v) is 11.1. The maximum Gasteiger partial charge on any atom is 0.313 e. The zero-order valence-electron chi connectivity index (χ0n) is 11.1. The summed E-state index contributed by atoms with van der Waals surface area (Å²) in [5.41, 5.74) is 0.313. The van der Waals surface area contributed by atoms with Gasteiger partial charge in [-0.2, -0.15) is 0 Å². The molecule has 0 fully saturated rings. The van der Waals surface area contributed by atoms with Gasteiger partial charge in [0.25, 0.3) is 0 Å². The van der Waals surface area contributed by atoms with E-state index in [0.29, 0.717) is 12.8 Å². The molecule has 1 aromatic heterocycles. The van der Waals surface area contributed by atoms with Crippen LogP contribution in [-0.2, 0) is 20.7 Å². The van der Waals surface area contributed by atoms with Crippen LogP contribution in [0.2, 0.25) is 0 Å². The molecule has 0 saturated carbocycles. The number of pyridine rings is 1. The molecule has 0 aliphatic carbocycles. The molecule has 0 unspecified atom stereocenters. The van der Waals surface area contributed by atoms with E-state index in [1.165, 1.54) is 0 Å². The molecule has 1 rings (SSSR count). The minimum absolute atomic E-state index is 0.116. The molecule has 0 radical (unpaired) electrons. The van der Waals surface area contributed by atoms with Crippen LogP contribution in [0.25, 0.3) is 0 Å². The number of rotatable bonds is 5. The van der Waals surface area contributed by atoms with Gasteiger partial charge in [-0.1, -0.05) is 6.07 Å². The monoisotopic (exact) mass is 249 g/mol. The average molecular weight is 249 g/mol. The van der Waals surface area contributed by atoms with Gasteiger partial charge in [0.2, 0.25) is 0 Å². The van der Waals surface area contributed by atoms with E-state index in [9.17, 15) is 9.59 Å². The molecule has 98 valence electrons. The SMILES string of the molecule is CC(C)(C)OC(=O)CC(=O)CCc1ccccn1. The van der Waals surface area contributed by atoms with E-state index in [0.717, 1.165) is 5.69 Å². The molecule has 4 heteroatoms. The highest BCUT2D eigenvalue weighted by atomic mass is 16.6. The smallest absolute Gasteiger partial charge is 0.313 e. The fraction of sp³-hybridized carbons (Fsp3) is 0.500. The van der Waals surface area contributed by atoms with Crippen molar-refractivity contribution in [3.05, 3.63) is 30.1 Å². The quantitative estimate of drug-likeness (QED) is 0.593.